The van der Waals surface area contributed by atoms with Crippen LogP contribution in [0.2, 0.25) is 0 Å². The summed E-state index contributed by atoms with van der Waals surface area (Å²) in [5, 5.41) is 3.69. The zero-order valence-corrected chi connectivity index (χ0v) is 10.2. The third kappa shape index (κ3) is 3.93. The number of aromatic nitrogens is 1. The molecule has 1 aromatic rings. The first kappa shape index (κ1) is 13.8. The standard InChI is InChI=1S/C11H15N3O4/c1-3-17-10(15)9(11(16)18-4-2)14-13-8-6-5-7-12-8/h5-7,12-13H,3-4H2,1-2H3. The number of rotatable bonds is 6. The maximum Gasteiger partial charge on any atom is 0.366 e. The number of hydrazone groups is 1. The second kappa shape index (κ2) is 7.10. The van der Waals surface area contributed by atoms with Gasteiger partial charge in [-0.25, -0.2) is 9.59 Å². The summed E-state index contributed by atoms with van der Waals surface area (Å²) in [5.74, 6) is -1.11. The number of H-pyrrole nitrogens is 1. The Labute approximate surface area is 104 Å². The third-order valence-electron chi connectivity index (χ3n) is 1.82. The fourth-order valence-electron chi connectivity index (χ4n) is 1.09. The number of nitrogens with zero attached hydrogens (tertiary/aromatic N) is 1. The van der Waals surface area contributed by atoms with Crippen molar-refractivity contribution in [3.05, 3.63) is 18.3 Å². The lowest BCUT2D eigenvalue weighted by Crippen LogP contribution is -2.29. The van der Waals surface area contributed by atoms with Crippen molar-refractivity contribution in [2.45, 2.75) is 13.8 Å². The molecule has 7 nitrogen and oxygen atoms in total. The van der Waals surface area contributed by atoms with E-state index in [1.807, 2.05) is 0 Å². The Hall–Kier alpha value is -2.31. The molecule has 18 heavy (non-hydrogen) atoms. The molecular formula is C11H15N3O4. The molecule has 2 N–H and O–H groups in total. The first-order valence-electron chi connectivity index (χ1n) is 5.50. The van der Waals surface area contributed by atoms with Gasteiger partial charge in [0, 0.05) is 6.20 Å². The van der Waals surface area contributed by atoms with Gasteiger partial charge < -0.3 is 14.5 Å². The first-order valence-corrected chi connectivity index (χ1v) is 5.50. The molecule has 0 atom stereocenters. The molecule has 0 spiro atoms. The first-order chi connectivity index (χ1) is 8.69. The number of esters is 2. The Morgan fingerprint density at radius 1 is 1.28 bits per heavy atom. The highest BCUT2D eigenvalue weighted by Crippen LogP contribution is 2.01. The normalized spacial score (nSPS) is 9.44. The molecule has 0 radical (unpaired) electrons. The van der Waals surface area contributed by atoms with Crippen molar-refractivity contribution in [3.8, 4) is 0 Å². The summed E-state index contributed by atoms with van der Waals surface area (Å²) >= 11 is 0. The van der Waals surface area contributed by atoms with Crippen molar-refractivity contribution in [2.75, 3.05) is 18.6 Å². The van der Waals surface area contributed by atoms with Gasteiger partial charge in [0.05, 0.1) is 13.2 Å². The van der Waals surface area contributed by atoms with E-state index in [4.69, 9.17) is 9.47 Å². The summed E-state index contributed by atoms with van der Waals surface area (Å²) in [7, 11) is 0. The topological polar surface area (TPSA) is 92.8 Å². The minimum atomic E-state index is -0.824. The number of hydrogen-bond acceptors (Lipinski definition) is 6. The number of hydrogen-bond donors (Lipinski definition) is 2. The zero-order chi connectivity index (χ0) is 13.4. The number of nitrogens with one attached hydrogen (secondary N) is 2. The third-order valence-corrected chi connectivity index (χ3v) is 1.82. The predicted molar refractivity (Wildman–Crippen MR) is 65.1 cm³/mol. The Morgan fingerprint density at radius 3 is 2.33 bits per heavy atom. The minimum Gasteiger partial charge on any atom is -0.461 e. The van der Waals surface area contributed by atoms with Gasteiger partial charge in [-0.2, -0.15) is 5.10 Å². The zero-order valence-electron chi connectivity index (χ0n) is 10.2. The fourth-order valence-corrected chi connectivity index (χ4v) is 1.09. The van der Waals surface area contributed by atoms with Gasteiger partial charge in [0.2, 0.25) is 0 Å². The van der Waals surface area contributed by atoms with Crippen molar-refractivity contribution in [3.63, 3.8) is 0 Å². The smallest absolute Gasteiger partial charge is 0.366 e. The van der Waals surface area contributed by atoms with E-state index in [2.05, 4.69) is 15.5 Å². The largest absolute Gasteiger partial charge is 0.461 e. The molecule has 0 aliphatic carbocycles. The quantitative estimate of drug-likeness (QED) is 0.340. The summed E-state index contributed by atoms with van der Waals surface area (Å²) < 4.78 is 9.44. The maximum absolute atomic E-state index is 11.5. The summed E-state index contributed by atoms with van der Waals surface area (Å²) in [6, 6.07) is 3.43. The van der Waals surface area contributed by atoms with Crippen LogP contribution in [0.4, 0.5) is 5.82 Å². The molecule has 1 aromatic heterocycles. The van der Waals surface area contributed by atoms with Crippen LogP contribution in [0.25, 0.3) is 0 Å². The van der Waals surface area contributed by atoms with Crippen molar-refractivity contribution < 1.29 is 19.1 Å². The summed E-state index contributed by atoms with van der Waals surface area (Å²) in [5.41, 5.74) is 2.11. The van der Waals surface area contributed by atoms with E-state index in [9.17, 15) is 9.59 Å². The molecule has 0 bridgehead atoms. The molecule has 1 heterocycles. The molecule has 0 unspecified atom stereocenters. The van der Waals surface area contributed by atoms with Gasteiger partial charge in [0.15, 0.2) is 0 Å². The molecule has 0 fully saturated rings. The van der Waals surface area contributed by atoms with Gasteiger partial charge in [-0.05, 0) is 26.0 Å². The average molecular weight is 253 g/mol. The van der Waals surface area contributed by atoms with Crippen LogP contribution >= 0.6 is 0 Å². The molecule has 0 saturated carbocycles. The van der Waals surface area contributed by atoms with Gasteiger partial charge >= 0.3 is 11.9 Å². The van der Waals surface area contributed by atoms with E-state index in [1.54, 1.807) is 32.2 Å². The Morgan fingerprint density at radius 2 is 1.89 bits per heavy atom. The van der Waals surface area contributed by atoms with Crippen LogP contribution in [0.15, 0.2) is 23.4 Å². The van der Waals surface area contributed by atoms with E-state index < -0.39 is 17.7 Å². The molecule has 0 aromatic carbocycles. The van der Waals surface area contributed by atoms with Crippen molar-refractivity contribution in [1.82, 2.24) is 4.98 Å². The van der Waals surface area contributed by atoms with Gasteiger partial charge in [-0.1, -0.05) is 0 Å². The van der Waals surface area contributed by atoms with Gasteiger partial charge in [-0.15, -0.1) is 0 Å². The lowest BCUT2D eigenvalue weighted by molar-refractivity contribution is -0.140. The van der Waals surface area contributed by atoms with Gasteiger partial charge in [-0.3, -0.25) is 5.43 Å². The maximum atomic E-state index is 11.5. The highest BCUT2D eigenvalue weighted by molar-refractivity contribution is 6.62. The van der Waals surface area contributed by atoms with Crippen LogP contribution in [-0.4, -0.2) is 35.8 Å². The second-order valence-electron chi connectivity index (χ2n) is 3.10. The van der Waals surface area contributed by atoms with Gasteiger partial charge in [0.25, 0.3) is 5.71 Å². The van der Waals surface area contributed by atoms with Crippen LogP contribution in [0.5, 0.6) is 0 Å². The highest BCUT2D eigenvalue weighted by atomic mass is 16.6. The lowest BCUT2D eigenvalue weighted by atomic mass is 10.4. The monoisotopic (exact) mass is 253 g/mol. The number of ether oxygens (including phenoxy) is 2. The fraction of sp³-hybridized carbons (Fsp3) is 0.364. The molecule has 1 rings (SSSR count). The van der Waals surface area contributed by atoms with Crippen LogP contribution in [0, 0.1) is 0 Å². The Kier molecular flexibility index (Phi) is 5.43. The molecule has 0 aliphatic rings. The van der Waals surface area contributed by atoms with Crippen molar-refractivity contribution in [1.29, 1.82) is 0 Å². The van der Waals surface area contributed by atoms with Crippen LogP contribution in [-0.2, 0) is 19.1 Å². The minimum absolute atomic E-state index is 0.153. The SMILES string of the molecule is CCOC(=O)C(=NNc1ccc[nH]1)C(=O)OCC. The van der Waals surface area contributed by atoms with E-state index in [-0.39, 0.29) is 13.2 Å². The van der Waals surface area contributed by atoms with Crippen molar-refractivity contribution >= 4 is 23.5 Å². The van der Waals surface area contributed by atoms with E-state index in [0.717, 1.165) is 0 Å². The molecular weight excluding hydrogens is 238 g/mol. The molecule has 0 amide bonds. The predicted octanol–water partition coefficient (Wildman–Crippen LogP) is 0.909. The summed E-state index contributed by atoms with van der Waals surface area (Å²) in [4.78, 5) is 25.8. The second-order valence-corrected chi connectivity index (χ2v) is 3.10. The van der Waals surface area contributed by atoms with Crippen molar-refractivity contribution in [2.24, 2.45) is 5.10 Å². The number of carbonyl (C=O) groups is 2. The number of carbonyl (C=O) groups excluding carboxylic acids is 2. The molecule has 98 valence electrons. The Balaban J connectivity index is 2.78. The average Bonchev–Trinajstić information content (AvgIpc) is 2.83. The van der Waals surface area contributed by atoms with Crippen LogP contribution in [0.1, 0.15) is 13.8 Å². The number of anilines is 1. The molecule has 0 aliphatic heterocycles. The van der Waals surface area contributed by atoms with E-state index in [0.29, 0.717) is 5.82 Å². The van der Waals surface area contributed by atoms with E-state index >= 15 is 0 Å². The summed E-state index contributed by atoms with van der Waals surface area (Å²) in [6.45, 7) is 3.58. The number of aromatic amines is 1. The molecule has 0 saturated heterocycles. The lowest BCUT2D eigenvalue weighted by Gasteiger charge is -2.05. The highest BCUT2D eigenvalue weighted by Gasteiger charge is 2.23. The van der Waals surface area contributed by atoms with E-state index in [1.165, 1.54) is 0 Å². The van der Waals surface area contributed by atoms with Crippen LogP contribution in [0.3, 0.4) is 0 Å². The molecule has 7 heteroatoms. The van der Waals surface area contributed by atoms with Crippen LogP contribution < -0.4 is 5.43 Å². The van der Waals surface area contributed by atoms with Gasteiger partial charge in [0.1, 0.15) is 5.82 Å². The summed E-state index contributed by atoms with van der Waals surface area (Å²) in [6.07, 6.45) is 1.67. The Bertz CT molecular complexity index is 406.